The van der Waals surface area contributed by atoms with Crippen LogP contribution in [0.15, 0.2) is 16.2 Å². The highest BCUT2D eigenvalue weighted by Gasteiger charge is 2.23. The molecule has 1 saturated heterocycles. The number of piperazine rings is 1. The second-order valence-electron chi connectivity index (χ2n) is 5.41. The number of fused-ring (bicyclic) bond motifs is 1. The lowest BCUT2D eigenvalue weighted by molar-refractivity contribution is 0.102. The number of hydrogen-bond donors (Lipinski definition) is 1. The van der Waals surface area contributed by atoms with Gasteiger partial charge in [-0.2, -0.15) is 0 Å². The van der Waals surface area contributed by atoms with Gasteiger partial charge in [0.25, 0.3) is 5.56 Å². The number of H-pyrrole nitrogens is 1. The first-order chi connectivity index (χ1) is 9.56. The van der Waals surface area contributed by atoms with E-state index >= 15 is 0 Å². The first-order valence-corrected chi connectivity index (χ1v) is 7.94. The zero-order valence-electron chi connectivity index (χ0n) is 11.6. The van der Waals surface area contributed by atoms with E-state index in [1.54, 1.807) is 4.57 Å². The summed E-state index contributed by atoms with van der Waals surface area (Å²) in [5.41, 5.74) is 0.871. The Morgan fingerprint density at radius 1 is 1.45 bits per heavy atom. The Bertz CT molecular complexity index is 732. The lowest BCUT2D eigenvalue weighted by Gasteiger charge is -2.37. The first kappa shape index (κ1) is 13.9. The molecule has 20 heavy (non-hydrogen) atoms. The summed E-state index contributed by atoms with van der Waals surface area (Å²) in [7, 11) is 4.23. The summed E-state index contributed by atoms with van der Waals surface area (Å²) in [6.45, 7) is 3.69. The van der Waals surface area contributed by atoms with E-state index in [0.29, 0.717) is 17.4 Å². The van der Waals surface area contributed by atoms with Gasteiger partial charge in [-0.15, -0.1) is 11.3 Å². The highest BCUT2D eigenvalue weighted by molar-refractivity contribution is 7.71. The summed E-state index contributed by atoms with van der Waals surface area (Å²) in [5.74, 6) is 0. The zero-order chi connectivity index (χ0) is 14.3. The monoisotopic (exact) mass is 310 g/mol. The standard InChI is InChI=1S/C13H18N4OS2/c1-15-4-5-16(2)9(7-15)8-17-12(18)11-10(3-6-20-11)14-13(17)19/h3,6,9H,4-5,7-8H2,1-2H3,(H,14,19). The van der Waals surface area contributed by atoms with E-state index in [0.717, 1.165) is 29.9 Å². The summed E-state index contributed by atoms with van der Waals surface area (Å²) < 4.78 is 2.97. The van der Waals surface area contributed by atoms with Gasteiger partial charge in [0.2, 0.25) is 0 Å². The van der Waals surface area contributed by atoms with Gasteiger partial charge in [0.15, 0.2) is 4.77 Å². The molecule has 0 amide bonds. The van der Waals surface area contributed by atoms with Crippen molar-refractivity contribution in [3.8, 4) is 0 Å². The Balaban J connectivity index is 1.98. The quantitative estimate of drug-likeness (QED) is 0.851. The van der Waals surface area contributed by atoms with Crippen molar-refractivity contribution >= 4 is 33.8 Å². The third kappa shape index (κ3) is 2.46. The molecular formula is C13H18N4OS2. The molecule has 5 nitrogen and oxygen atoms in total. The molecule has 0 spiro atoms. The molecule has 1 unspecified atom stereocenters. The van der Waals surface area contributed by atoms with E-state index in [9.17, 15) is 4.79 Å². The molecule has 3 rings (SSSR count). The lowest BCUT2D eigenvalue weighted by atomic mass is 10.2. The summed E-state index contributed by atoms with van der Waals surface area (Å²) in [5, 5.41) is 1.92. The van der Waals surface area contributed by atoms with Crippen LogP contribution in [0.5, 0.6) is 0 Å². The van der Waals surface area contributed by atoms with Crippen LogP contribution in [0.1, 0.15) is 0 Å². The highest BCUT2D eigenvalue weighted by Crippen LogP contribution is 2.15. The number of aromatic amines is 1. The average molecular weight is 310 g/mol. The van der Waals surface area contributed by atoms with Gasteiger partial charge in [0, 0.05) is 32.2 Å². The Hall–Kier alpha value is -1.02. The van der Waals surface area contributed by atoms with Gasteiger partial charge >= 0.3 is 0 Å². The Morgan fingerprint density at radius 3 is 3.05 bits per heavy atom. The van der Waals surface area contributed by atoms with E-state index in [4.69, 9.17) is 12.2 Å². The molecule has 1 aliphatic rings. The van der Waals surface area contributed by atoms with Gasteiger partial charge in [0.05, 0.1) is 5.52 Å². The largest absolute Gasteiger partial charge is 0.331 e. The van der Waals surface area contributed by atoms with Crippen LogP contribution in [0.25, 0.3) is 10.2 Å². The van der Waals surface area contributed by atoms with Gasteiger partial charge in [-0.1, -0.05) is 0 Å². The van der Waals surface area contributed by atoms with Crippen LogP contribution in [-0.4, -0.2) is 59.1 Å². The van der Waals surface area contributed by atoms with Crippen LogP contribution in [0, 0.1) is 4.77 Å². The summed E-state index contributed by atoms with van der Waals surface area (Å²) in [6, 6.07) is 2.22. The van der Waals surface area contributed by atoms with Crippen molar-refractivity contribution in [2.45, 2.75) is 12.6 Å². The fourth-order valence-electron chi connectivity index (χ4n) is 2.65. The van der Waals surface area contributed by atoms with Crippen LogP contribution in [0.2, 0.25) is 0 Å². The maximum absolute atomic E-state index is 12.5. The minimum Gasteiger partial charge on any atom is -0.331 e. The van der Waals surface area contributed by atoms with Crippen molar-refractivity contribution in [2.75, 3.05) is 33.7 Å². The minimum absolute atomic E-state index is 0.0281. The highest BCUT2D eigenvalue weighted by atomic mass is 32.1. The van der Waals surface area contributed by atoms with Crippen LogP contribution >= 0.6 is 23.6 Å². The topological polar surface area (TPSA) is 44.3 Å². The molecule has 0 aromatic carbocycles. The SMILES string of the molecule is CN1CCN(C)C(Cn2c(=S)[nH]c3ccsc3c2=O)C1. The van der Waals surface area contributed by atoms with E-state index < -0.39 is 0 Å². The zero-order valence-corrected chi connectivity index (χ0v) is 13.3. The molecule has 0 aliphatic carbocycles. The first-order valence-electron chi connectivity index (χ1n) is 6.65. The smallest absolute Gasteiger partial charge is 0.272 e. The molecule has 2 aromatic heterocycles. The number of nitrogens with zero attached hydrogens (tertiary/aromatic N) is 3. The summed E-state index contributed by atoms with van der Waals surface area (Å²) >= 11 is 6.81. The lowest BCUT2D eigenvalue weighted by Crippen LogP contribution is -2.52. The fraction of sp³-hybridized carbons (Fsp3) is 0.538. The van der Waals surface area contributed by atoms with E-state index in [-0.39, 0.29) is 5.56 Å². The Morgan fingerprint density at radius 2 is 2.25 bits per heavy atom. The molecule has 0 radical (unpaired) electrons. The van der Waals surface area contributed by atoms with E-state index in [2.05, 4.69) is 28.9 Å². The van der Waals surface area contributed by atoms with E-state index in [1.165, 1.54) is 11.3 Å². The maximum Gasteiger partial charge on any atom is 0.272 e. The van der Waals surface area contributed by atoms with Crippen LogP contribution < -0.4 is 5.56 Å². The normalized spacial score (nSPS) is 21.6. The third-order valence-electron chi connectivity index (χ3n) is 3.96. The number of rotatable bonds is 2. The minimum atomic E-state index is 0.0281. The number of likely N-dealkylation sites (N-methyl/N-ethyl adjacent to an activating group) is 2. The van der Waals surface area contributed by atoms with Crippen molar-refractivity contribution in [3.63, 3.8) is 0 Å². The average Bonchev–Trinajstić information content (AvgIpc) is 2.86. The second kappa shape index (κ2) is 5.40. The summed E-state index contributed by atoms with van der Waals surface area (Å²) in [6.07, 6.45) is 0. The molecule has 1 aliphatic heterocycles. The van der Waals surface area contributed by atoms with Gasteiger partial charge in [0.1, 0.15) is 4.70 Å². The van der Waals surface area contributed by atoms with Crippen molar-refractivity contribution < 1.29 is 0 Å². The van der Waals surface area contributed by atoms with Crippen molar-refractivity contribution in [1.82, 2.24) is 19.4 Å². The van der Waals surface area contributed by atoms with Crippen molar-refractivity contribution in [2.24, 2.45) is 0 Å². The summed E-state index contributed by atoms with van der Waals surface area (Å²) in [4.78, 5) is 20.3. The van der Waals surface area contributed by atoms with Gasteiger partial charge in [-0.25, -0.2) is 0 Å². The third-order valence-corrected chi connectivity index (χ3v) is 5.19. The van der Waals surface area contributed by atoms with Crippen molar-refractivity contribution in [1.29, 1.82) is 0 Å². The van der Waals surface area contributed by atoms with Crippen molar-refractivity contribution in [3.05, 3.63) is 26.6 Å². The van der Waals surface area contributed by atoms with E-state index in [1.807, 2.05) is 11.4 Å². The molecule has 2 aromatic rings. The molecule has 3 heterocycles. The molecular weight excluding hydrogens is 292 g/mol. The predicted octanol–water partition coefficient (Wildman–Crippen LogP) is 1.37. The number of hydrogen-bond acceptors (Lipinski definition) is 5. The molecule has 108 valence electrons. The predicted molar refractivity (Wildman–Crippen MR) is 85.2 cm³/mol. The van der Waals surface area contributed by atoms with Gasteiger partial charge in [-0.3, -0.25) is 14.3 Å². The molecule has 0 saturated carbocycles. The number of aromatic nitrogens is 2. The fourth-order valence-corrected chi connectivity index (χ4v) is 3.71. The molecule has 1 atom stereocenters. The molecule has 1 N–H and O–H groups in total. The number of nitrogens with one attached hydrogen (secondary N) is 1. The Labute approximate surface area is 126 Å². The molecule has 1 fully saturated rings. The Kier molecular flexibility index (Phi) is 3.76. The molecule has 0 bridgehead atoms. The second-order valence-corrected chi connectivity index (χ2v) is 6.71. The van der Waals surface area contributed by atoms with Crippen LogP contribution in [-0.2, 0) is 6.54 Å². The van der Waals surface area contributed by atoms with Crippen LogP contribution in [0.4, 0.5) is 0 Å². The number of thiophene rings is 1. The van der Waals surface area contributed by atoms with Crippen LogP contribution in [0.3, 0.4) is 0 Å². The maximum atomic E-state index is 12.5. The van der Waals surface area contributed by atoms with Gasteiger partial charge < -0.3 is 9.88 Å². The molecule has 7 heteroatoms. The van der Waals surface area contributed by atoms with Gasteiger partial charge in [-0.05, 0) is 37.8 Å².